The molecule has 122 valence electrons. The Kier molecular flexibility index (Phi) is 4.06. The SMILES string of the molecule is CC(C)CCOc1cc(C#N)c2c(c1)ncn2C1CC(C)(C)C1. The van der Waals surface area contributed by atoms with Crippen LogP contribution in [0, 0.1) is 22.7 Å². The highest BCUT2D eigenvalue weighted by Gasteiger charge is 2.37. The number of hydrogen-bond donors (Lipinski definition) is 0. The smallest absolute Gasteiger partial charge is 0.122 e. The van der Waals surface area contributed by atoms with Crippen LogP contribution in [0.4, 0.5) is 0 Å². The molecule has 0 spiro atoms. The minimum atomic E-state index is 0.397. The van der Waals surface area contributed by atoms with Crippen LogP contribution in [0.3, 0.4) is 0 Å². The molecule has 1 saturated carbocycles. The van der Waals surface area contributed by atoms with E-state index in [4.69, 9.17) is 4.74 Å². The Morgan fingerprint density at radius 3 is 2.74 bits per heavy atom. The van der Waals surface area contributed by atoms with Crippen molar-refractivity contribution in [2.45, 2.75) is 53.0 Å². The van der Waals surface area contributed by atoms with Crippen molar-refractivity contribution >= 4 is 11.0 Å². The molecule has 0 bridgehead atoms. The molecule has 0 N–H and O–H groups in total. The Bertz CT molecular complexity index is 744. The van der Waals surface area contributed by atoms with Gasteiger partial charge < -0.3 is 9.30 Å². The van der Waals surface area contributed by atoms with Crippen molar-refractivity contribution < 1.29 is 4.74 Å². The first kappa shape index (κ1) is 15.9. The highest BCUT2D eigenvalue weighted by Crippen LogP contribution is 2.48. The average Bonchev–Trinajstić information content (AvgIpc) is 2.87. The summed E-state index contributed by atoms with van der Waals surface area (Å²) in [5.74, 6) is 1.35. The Balaban J connectivity index is 1.88. The summed E-state index contributed by atoms with van der Waals surface area (Å²) in [4.78, 5) is 4.51. The monoisotopic (exact) mass is 311 g/mol. The number of nitriles is 1. The van der Waals surface area contributed by atoms with Gasteiger partial charge in [0, 0.05) is 18.2 Å². The van der Waals surface area contributed by atoms with Crippen molar-refractivity contribution in [3.05, 3.63) is 24.0 Å². The van der Waals surface area contributed by atoms with Gasteiger partial charge in [0.15, 0.2) is 0 Å². The topological polar surface area (TPSA) is 50.8 Å². The van der Waals surface area contributed by atoms with Gasteiger partial charge in [-0.25, -0.2) is 4.98 Å². The number of rotatable bonds is 5. The fourth-order valence-electron chi connectivity index (χ4n) is 3.42. The molecule has 0 unspecified atom stereocenters. The largest absolute Gasteiger partial charge is 0.493 e. The van der Waals surface area contributed by atoms with E-state index in [2.05, 4.69) is 43.3 Å². The molecule has 1 aliphatic carbocycles. The summed E-state index contributed by atoms with van der Waals surface area (Å²) >= 11 is 0. The van der Waals surface area contributed by atoms with Crippen LogP contribution in [0.1, 0.15) is 58.6 Å². The van der Waals surface area contributed by atoms with E-state index in [-0.39, 0.29) is 0 Å². The zero-order valence-corrected chi connectivity index (χ0v) is 14.5. The molecule has 3 rings (SSSR count). The lowest BCUT2D eigenvalue weighted by Gasteiger charge is -2.43. The molecule has 2 aromatic rings. The van der Waals surface area contributed by atoms with Gasteiger partial charge in [-0.3, -0.25) is 0 Å². The second-order valence-corrected chi connectivity index (χ2v) is 7.86. The molecule has 1 fully saturated rings. The minimum Gasteiger partial charge on any atom is -0.493 e. The van der Waals surface area contributed by atoms with Gasteiger partial charge in [0.2, 0.25) is 0 Å². The summed E-state index contributed by atoms with van der Waals surface area (Å²) in [6.45, 7) is 9.60. The number of imidazole rings is 1. The molecule has 4 nitrogen and oxygen atoms in total. The molecule has 0 aliphatic heterocycles. The van der Waals surface area contributed by atoms with Crippen LogP contribution < -0.4 is 4.74 Å². The maximum Gasteiger partial charge on any atom is 0.122 e. The van der Waals surface area contributed by atoms with Gasteiger partial charge in [-0.1, -0.05) is 27.7 Å². The summed E-state index contributed by atoms with van der Waals surface area (Å²) in [6, 6.07) is 6.58. The van der Waals surface area contributed by atoms with Crippen molar-refractivity contribution in [2.75, 3.05) is 6.61 Å². The maximum absolute atomic E-state index is 9.55. The number of nitrogens with zero attached hydrogens (tertiary/aromatic N) is 3. The predicted molar refractivity (Wildman–Crippen MR) is 91.5 cm³/mol. The number of aromatic nitrogens is 2. The third-order valence-corrected chi connectivity index (χ3v) is 4.70. The van der Waals surface area contributed by atoms with Gasteiger partial charge >= 0.3 is 0 Å². The van der Waals surface area contributed by atoms with Crippen LogP contribution in [-0.2, 0) is 0 Å². The summed E-state index contributed by atoms with van der Waals surface area (Å²) in [7, 11) is 0. The van der Waals surface area contributed by atoms with Gasteiger partial charge in [-0.2, -0.15) is 5.26 Å². The first-order valence-corrected chi connectivity index (χ1v) is 8.43. The Morgan fingerprint density at radius 2 is 2.13 bits per heavy atom. The van der Waals surface area contributed by atoms with E-state index < -0.39 is 0 Å². The number of ether oxygens (including phenoxy) is 1. The van der Waals surface area contributed by atoms with E-state index >= 15 is 0 Å². The highest BCUT2D eigenvalue weighted by atomic mass is 16.5. The highest BCUT2D eigenvalue weighted by molar-refractivity contribution is 5.83. The quantitative estimate of drug-likeness (QED) is 0.804. The van der Waals surface area contributed by atoms with Crippen molar-refractivity contribution in [3.63, 3.8) is 0 Å². The second kappa shape index (κ2) is 5.88. The van der Waals surface area contributed by atoms with Crippen molar-refractivity contribution in [3.8, 4) is 11.8 Å². The lowest BCUT2D eigenvalue weighted by atomic mass is 9.68. The normalized spacial score (nSPS) is 17.2. The standard InChI is InChI=1S/C19H25N3O/c1-13(2)5-6-23-16-7-14(11-20)18-17(8-16)21-12-22(18)15-9-19(3,4)10-15/h7-8,12-13,15H,5-6,9-10H2,1-4H3. The van der Waals surface area contributed by atoms with Crippen LogP contribution in [-0.4, -0.2) is 16.2 Å². The van der Waals surface area contributed by atoms with Crippen LogP contribution >= 0.6 is 0 Å². The lowest BCUT2D eigenvalue weighted by molar-refractivity contribution is 0.107. The Labute approximate surface area is 138 Å². The zero-order valence-electron chi connectivity index (χ0n) is 14.5. The molecular formula is C19H25N3O. The van der Waals surface area contributed by atoms with Gasteiger partial charge in [0.05, 0.1) is 29.5 Å². The molecule has 1 aromatic heterocycles. The number of hydrogen-bond acceptors (Lipinski definition) is 3. The van der Waals surface area contributed by atoms with Crippen molar-refractivity contribution in [1.82, 2.24) is 9.55 Å². The molecular weight excluding hydrogens is 286 g/mol. The predicted octanol–water partition coefficient (Wildman–Crippen LogP) is 4.69. The fourth-order valence-corrected chi connectivity index (χ4v) is 3.42. The summed E-state index contributed by atoms with van der Waals surface area (Å²) in [5.41, 5.74) is 2.86. The average molecular weight is 311 g/mol. The summed E-state index contributed by atoms with van der Waals surface area (Å²) < 4.78 is 7.99. The molecule has 1 aliphatic rings. The van der Waals surface area contributed by atoms with E-state index in [0.29, 0.717) is 29.5 Å². The number of fused-ring (bicyclic) bond motifs is 1. The summed E-state index contributed by atoms with van der Waals surface area (Å²) in [6.07, 6.45) is 5.15. The zero-order chi connectivity index (χ0) is 16.6. The molecule has 0 radical (unpaired) electrons. The van der Waals surface area contributed by atoms with Crippen LogP contribution in [0.15, 0.2) is 18.5 Å². The lowest BCUT2D eigenvalue weighted by Crippen LogP contribution is -2.33. The molecule has 4 heteroatoms. The van der Waals surface area contributed by atoms with Gasteiger partial charge in [0.1, 0.15) is 11.8 Å². The van der Waals surface area contributed by atoms with Crippen molar-refractivity contribution in [2.24, 2.45) is 11.3 Å². The molecule has 23 heavy (non-hydrogen) atoms. The maximum atomic E-state index is 9.55. The van der Waals surface area contributed by atoms with Crippen LogP contribution in [0.2, 0.25) is 0 Å². The third-order valence-electron chi connectivity index (χ3n) is 4.70. The van der Waals surface area contributed by atoms with Crippen LogP contribution in [0.25, 0.3) is 11.0 Å². The molecule has 1 aromatic carbocycles. The van der Waals surface area contributed by atoms with Gasteiger partial charge in [-0.15, -0.1) is 0 Å². The van der Waals surface area contributed by atoms with Crippen LogP contribution in [0.5, 0.6) is 5.75 Å². The first-order chi connectivity index (χ1) is 10.9. The Morgan fingerprint density at radius 1 is 1.39 bits per heavy atom. The third kappa shape index (κ3) is 3.19. The van der Waals surface area contributed by atoms with Gasteiger partial charge in [0.25, 0.3) is 0 Å². The van der Waals surface area contributed by atoms with Gasteiger partial charge in [-0.05, 0) is 30.6 Å². The van der Waals surface area contributed by atoms with E-state index in [1.807, 2.05) is 18.5 Å². The number of benzene rings is 1. The minimum absolute atomic E-state index is 0.397. The molecule has 0 atom stereocenters. The fraction of sp³-hybridized carbons (Fsp3) is 0.579. The van der Waals surface area contributed by atoms with E-state index in [0.717, 1.165) is 36.0 Å². The Hall–Kier alpha value is -2.02. The van der Waals surface area contributed by atoms with E-state index in [9.17, 15) is 5.26 Å². The second-order valence-electron chi connectivity index (χ2n) is 7.86. The molecule has 0 saturated heterocycles. The first-order valence-electron chi connectivity index (χ1n) is 8.43. The van der Waals surface area contributed by atoms with E-state index in [1.54, 1.807) is 0 Å². The molecule has 0 amide bonds. The van der Waals surface area contributed by atoms with Crippen molar-refractivity contribution in [1.29, 1.82) is 5.26 Å². The van der Waals surface area contributed by atoms with E-state index in [1.165, 1.54) is 0 Å². The summed E-state index contributed by atoms with van der Waals surface area (Å²) in [5, 5.41) is 9.55. The molecule has 1 heterocycles.